The molecule has 142 valence electrons. The van der Waals surface area contributed by atoms with Crippen molar-refractivity contribution in [1.82, 2.24) is 15.3 Å². The second kappa shape index (κ2) is 6.53. The van der Waals surface area contributed by atoms with Gasteiger partial charge in [-0.1, -0.05) is 30.3 Å². The van der Waals surface area contributed by atoms with Crippen molar-refractivity contribution in [1.29, 1.82) is 0 Å². The van der Waals surface area contributed by atoms with Crippen LogP contribution >= 0.6 is 0 Å². The first-order valence-electron chi connectivity index (χ1n) is 8.86. The lowest BCUT2D eigenvalue weighted by Gasteiger charge is -2.21. The summed E-state index contributed by atoms with van der Waals surface area (Å²) in [4.78, 5) is 28.7. The van der Waals surface area contributed by atoms with E-state index in [2.05, 4.69) is 15.4 Å². The number of aromatic amines is 1. The fourth-order valence-electron chi connectivity index (χ4n) is 3.43. The number of benzene rings is 2. The van der Waals surface area contributed by atoms with E-state index in [1.165, 1.54) is 0 Å². The number of carbonyl (C=O) groups is 2. The number of aryl methyl sites for hydroxylation is 1. The van der Waals surface area contributed by atoms with Crippen LogP contribution in [0.5, 0.6) is 5.75 Å². The number of para-hydroxylation sites is 1. The summed E-state index contributed by atoms with van der Waals surface area (Å²) in [6.07, 6.45) is 1.55. The molecule has 28 heavy (non-hydrogen) atoms. The summed E-state index contributed by atoms with van der Waals surface area (Å²) in [5, 5.41) is 8.80. The van der Waals surface area contributed by atoms with Crippen molar-refractivity contribution < 1.29 is 14.3 Å². The molecule has 0 aliphatic carbocycles. The van der Waals surface area contributed by atoms with Crippen LogP contribution in [0.1, 0.15) is 23.7 Å². The van der Waals surface area contributed by atoms with Crippen molar-refractivity contribution in [2.45, 2.75) is 19.4 Å². The van der Waals surface area contributed by atoms with Gasteiger partial charge < -0.3 is 15.0 Å². The van der Waals surface area contributed by atoms with E-state index >= 15 is 0 Å². The zero-order valence-electron chi connectivity index (χ0n) is 15.8. The Balaban J connectivity index is 1.65. The molecule has 1 saturated heterocycles. The molecule has 1 aromatic heterocycles. The van der Waals surface area contributed by atoms with Crippen LogP contribution in [0.3, 0.4) is 0 Å². The SMILES string of the molecule is COc1ccc([C@]2(C)NC(=O)N(/N=C/c3c(C)[nH]c4ccccc34)C2=O)cc1. The van der Waals surface area contributed by atoms with Crippen LogP contribution in [0.15, 0.2) is 53.6 Å². The summed E-state index contributed by atoms with van der Waals surface area (Å²) in [6.45, 7) is 3.59. The maximum atomic E-state index is 13.0. The topological polar surface area (TPSA) is 86.8 Å². The molecule has 0 radical (unpaired) electrons. The molecule has 0 spiro atoms. The average Bonchev–Trinajstić information content (AvgIpc) is 3.13. The molecule has 4 rings (SSSR count). The third-order valence-corrected chi connectivity index (χ3v) is 5.08. The number of hydrogen-bond donors (Lipinski definition) is 2. The summed E-state index contributed by atoms with van der Waals surface area (Å²) in [5.74, 6) is 0.241. The van der Waals surface area contributed by atoms with Crippen LogP contribution in [0.25, 0.3) is 10.9 Å². The smallest absolute Gasteiger partial charge is 0.346 e. The highest BCUT2D eigenvalue weighted by Gasteiger charge is 2.49. The van der Waals surface area contributed by atoms with E-state index in [4.69, 9.17) is 4.74 Å². The van der Waals surface area contributed by atoms with Gasteiger partial charge in [0.05, 0.1) is 13.3 Å². The maximum Gasteiger partial charge on any atom is 0.346 e. The summed E-state index contributed by atoms with van der Waals surface area (Å²) in [5.41, 5.74) is 2.20. The molecule has 3 aromatic rings. The van der Waals surface area contributed by atoms with Crippen LogP contribution < -0.4 is 10.1 Å². The zero-order chi connectivity index (χ0) is 19.9. The number of imide groups is 1. The number of nitrogens with zero attached hydrogens (tertiary/aromatic N) is 2. The molecule has 0 saturated carbocycles. The fourth-order valence-corrected chi connectivity index (χ4v) is 3.43. The number of hydrogen-bond acceptors (Lipinski definition) is 4. The number of hydrazone groups is 1. The minimum absolute atomic E-state index is 0.434. The monoisotopic (exact) mass is 376 g/mol. The molecule has 1 atom stereocenters. The highest BCUT2D eigenvalue weighted by molar-refractivity contribution is 6.08. The Morgan fingerprint density at radius 1 is 1.11 bits per heavy atom. The predicted molar refractivity (Wildman–Crippen MR) is 106 cm³/mol. The molecule has 2 N–H and O–H groups in total. The van der Waals surface area contributed by atoms with E-state index in [0.717, 1.165) is 27.2 Å². The molecule has 2 aromatic carbocycles. The molecule has 7 heteroatoms. The minimum Gasteiger partial charge on any atom is -0.497 e. The average molecular weight is 376 g/mol. The zero-order valence-corrected chi connectivity index (χ0v) is 15.8. The number of methoxy groups -OCH3 is 1. The molecule has 2 heterocycles. The molecule has 1 fully saturated rings. The Morgan fingerprint density at radius 2 is 1.82 bits per heavy atom. The van der Waals surface area contributed by atoms with Gasteiger partial charge >= 0.3 is 6.03 Å². The van der Waals surface area contributed by atoms with Gasteiger partial charge in [-0.15, -0.1) is 5.01 Å². The number of H-pyrrole nitrogens is 1. The summed E-state index contributed by atoms with van der Waals surface area (Å²) in [7, 11) is 1.57. The Morgan fingerprint density at radius 3 is 2.54 bits per heavy atom. The van der Waals surface area contributed by atoms with Crippen molar-refractivity contribution in [3.63, 3.8) is 0 Å². The van der Waals surface area contributed by atoms with Gasteiger partial charge in [0.2, 0.25) is 0 Å². The Hall–Kier alpha value is -3.61. The number of urea groups is 1. The van der Waals surface area contributed by atoms with Crippen LogP contribution in [0.2, 0.25) is 0 Å². The number of carbonyl (C=O) groups excluding carboxylic acids is 2. The Labute approximate surface area is 162 Å². The molecule has 7 nitrogen and oxygen atoms in total. The number of ether oxygens (including phenoxy) is 1. The van der Waals surface area contributed by atoms with Gasteiger partial charge in [0.15, 0.2) is 0 Å². The molecule has 0 unspecified atom stereocenters. The van der Waals surface area contributed by atoms with Crippen molar-refractivity contribution in [2.75, 3.05) is 7.11 Å². The van der Waals surface area contributed by atoms with Crippen LogP contribution in [0.4, 0.5) is 4.79 Å². The van der Waals surface area contributed by atoms with Crippen LogP contribution in [-0.4, -0.2) is 35.3 Å². The van der Waals surface area contributed by atoms with E-state index in [0.29, 0.717) is 11.3 Å². The molecular formula is C21H20N4O3. The van der Waals surface area contributed by atoms with Crippen molar-refractivity contribution in [3.05, 3.63) is 65.4 Å². The molecule has 3 amide bonds. The quantitative estimate of drug-likeness (QED) is 0.541. The first kappa shape index (κ1) is 17.8. The van der Waals surface area contributed by atoms with Gasteiger partial charge in [-0.05, 0) is 37.6 Å². The van der Waals surface area contributed by atoms with E-state index in [-0.39, 0.29) is 0 Å². The second-order valence-corrected chi connectivity index (χ2v) is 6.85. The standard InChI is InChI=1S/C21H20N4O3/c1-13-17(16-6-4-5-7-18(16)23-13)12-22-25-19(26)21(2,24-20(25)27)14-8-10-15(28-3)11-9-14/h4-12,23H,1-3H3,(H,24,27)/b22-12+/t21-/m0/s1. The lowest BCUT2D eigenvalue weighted by molar-refractivity contribution is -0.131. The van der Waals surface area contributed by atoms with Gasteiger partial charge in [0.25, 0.3) is 5.91 Å². The number of amides is 3. The highest BCUT2D eigenvalue weighted by Crippen LogP contribution is 2.30. The van der Waals surface area contributed by atoms with E-state index in [1.807, 2.05) is 31.2 Å². The molecular weight excluding hydrogens is 356 g/mol. The summed E-state index contributed by atoms with van der Waals surface area (Å²) >= 11 is 0. The molecule has 1 aliphatic rings. The first-order valence-corrected chi connectivity index (χ1v) is 8.86. The predicted octanol–water partition coefficient (Wildman–Crippen LogP) is 3.29. The third kappa shape index (κ3) is 2.72. The van der Waals surface area contributed by atoms with Crippen LogP contribution in [-0.2, 0) is 10.3 Å². The van der Waals surface area contributed by atoms with Crippen LogP contribution in [0, 0.1) is 6.92 Å². The van der Waals surface area contributed by atoms with E-state index in [1.54, 1.807) is 44.5 Å². The molecule has 0 bridgehead atoms. The van der Waals surface area contributed by atoms with E-state index < -0.39 is 17.5 Å². The number of nitrogens with one attached hydrogen (secondary N) is 2. The molecule has 1 aliphatic heterocycles. The van der Waals surface area contributed by atoms with Gasteiger partial charge in [-0.25, -0.2) is 4.79 Å². The second-order valence-electron chi connectivity index (χ2n) is 6.85. The normalized spacial score (nSPS) is 19.6. The van der Waals surface area contributed by atoms with Gasteiger partial charge in [-0.3, -0.25) is 4.79 Å². The number of aromatic nitrogens is 1. The Bertz CT molecular complexity index is 1100. The lowest BCUT2D eigenvalue weighted by Crippen LogP contribution is -2.40. The first-order chi connectivity index (χ1) is 13.4. The summed E-state index contributed by atoms with van der Waals surface area (Å²) < 4.78 is 5.15. The largest absolute Gasteiger partial charge is 0.497 e. The summed E-state index contributed by atoms with van der Waals surface area (Å²) in [6, 6.07) is 14.3. The van der Waals surface area contributed by atoms with Gasteiger partial charge in [0.1, 0.15) is 11.3 Å². The van der Waals surface area contributed by atoms with Gasteiger partial charge in [0, 0.05) is 22.2 Å². The maximum absolute atomic E-state index is 13.0. The Kier molecular flexibility index (Phi) is 4.15. The van der Waals surface area contributed by atoms with Crippen molar-refractivity contribution in [3.8, 4) is 5.75 Å². The fraction of sp³-hybridized carbons (Fsp3) is 0.190. The van der Waals surface area contributed by atoms with Gasteiger partial charge in [-0.2, -0.15) is 5.10 Å². The minimum atomic E-state index is -1.18. The lowest BCUT2D eigenvalue weighted by atomic mass is 9.92. The van der Waals surface area contributed by atoms with Crippen molar-refractivity contribution >= 4 is 29.1 Å². The van der Waals surface area contributed by atoms with E-state index in [9.17, 15) is 9.59 Å². The number of rotatable bonds is 4. The third-order valence-electron chi connectivity index (χ3n) is 5.08. The van der Waals surface area contributed by atoms with Crippen molar-refractivity contribution in [2.24, 2.45) is 5.10 Å². The highest BCUT2D eigenvalue weighted by atomic mass is 16.5. The number of fused-ring (bicyclic) bond motifs is 1.